The molecule has 66 valence electrons. The minimum absolute atomic E-state index is 0.277. The third kappa shape index (κ3) is 1.83. The number of rotatable bonds is 1. The quantitative estimate of drug-likeness (QED) is 0.622. The van der Waals surface area contributed by atoms with E-state index in [2.05, 4.69) is 22.1 Å². The molecule has 0 amide bonds. The number of nitrogens with zero attached hydrogens (tertiary/aromatic N) is 2. The van der Waals surface area contributed by atoms with Crippen LogP contribution < -0.4 is 0 Å². The average Bonchev–Trinajstić information content (AvgIpc) is 2.19. The molecule has 1 heterocycles. The van der Waals surface area contributed by atoms with Gasteiger partial charge in [0.15, 0.2) is 0 Å². The number of aliphatic imine (C=N–C) groups is 2. The molecule has 0 aromatic heterocycles. The fourth-order valence-electron chi connectivity index (χ4n) is 1.48. The Balaban J connectivity index is 2.24. The van der Waals surface area contributed by atoms with Gasteiger partial charge in [-0.3, -0.25) is 4.99 Å². The highest BCUT2D eigenvalue weighted by Crippen LogP contribution is 2.22. The van der Waals surface area contributed by atoms with Gasteiger partial charge in [0.1, 0.15) is 5.84 Å². The highest BCUT2D eigenvalue weighted by atomic mass is 15.0. The van der Waals surface area contributed by atoms with E-state index >= 15 is 0 Å². The highest BCUT2D eigenvalue weighted by molar-refractivity contribution is 5.89. The smallest absolute Gasteiger partial charge is 0.120 e. The Kier molecular flexibility index (Phi) is 2.21. The molecular formula is C11H12N2. The van der Waals surface area contributed by atoms with E-state index in [1.807, 2.05) is 31.3 Å². The molecule has 0 radical (unpaired) electrons. The summed E-state index contributed by atoms with van der Waals surface area (Å²) in [6, 6.07) is 10.6. The largest absolute Gasteiger partial charge is 0.262 e. The van der Waals surface area contributed by atoms with Crippen molar-refractivity contribution < 1.29 is 0 Å². The second-order valence-corrected chi connectivity index (χ2v) is 3.15. The Morgan fingerprint density at radius 1 is 1.23 bits per heavy atom. The predicted molar refractivity (Wildman–Crippen MR) is 55.4 cm³/mol. The fraction of sp³-hybridized carbons (Fsp3) is 0.273. The molecule has 1 aliphatic rings. The molecule has 1 aromatic carbocycles. The molecule has 0 fully saturated rings. The van der Waals surface area contributed by atoms with E-state index in [4.69, 9.17) is 0 Å². The summed E-state index contributed by atoms with van der Waals surface area (Å²) in [6.07, 6.45) is 2.86. The number of amidine groups is 1. The topological polar surface area (TPSA) is 24.7 Å². The molecule has 0 N–H and O–H groups in total. The lowest BCUT2D eigenvalue weighted by Crippen LogP contribution is -2.04. The molecule has 2 rings (SSSR count). The van der Waals surface area contributed by atoms with Crippen LogP contribution in [0.25, 0.3) is 0 Å². The molecular weight excluding hydrogens is 160 g/mol. The number of hydrogen-bond donors (Lipinski definition) is 0. The van der Waals surface area contributed by atoms with Crippen LogP contribution in [-0.4, -0.2) is 12.1 Å². The van der Waals surface area contributed by atoms with Crippen LogP contribution in [0.2, 0.25) is 0 Å². The average molecular weight is 172 g/mol. The Bertz CT molecular complexity index is 338. The van der Waals surface area contributed by atoms with E-state index in [-0.39, 0.29) is 6.04 Å². The monoisotopic (exact) mass is 172 g/mol. The summed E-state index contributed by atoms with van der Waals surface area (Å²) in [5.41, 5.74) is 1.27. The van der Waals surface area contributed by atoms with E-state index in [0.717, 1.165) is 12.3 Å². The molecule has 0 saturated heterocycles. The van der Waals surface area contributed by atoms with Gasteiger partial charge in [0.25, 0.3) is 0 Å². The summed E-state index contributed by atoms with van der Waals surface area (Å²) in [6.45, 7) is 1.94. The van der Waals surface area contributed by atoms with Crippen LogP contribution >= 0.6 is 0 Å². The van der Waals surface area contributed by atoms with Crippen molar-refractivity contribution in [3.05, 3.63) is 35.9 Å². The molecule has 1 aromatic rings. The van der Waals surface area contributed by atoms with Crippen LogP contribution in [0.15, 0.2) is 40.3 Å². The summed E-state index contributed by atoms with van der Waals surface area (Å²) >= 11 is 0. The number of benzene rings is 1. The zero-order valence-electron chi connectivity index (χ0n) is 7.64. The lowest BCUT2D eigenvalue weighted by Gasteiger charge is -2.13. The van der Waals surface area contributed by atoms with E-state index < -0.39 is 0 Å². The van der Waals surface area contributed by atoms with Crippen LogP contribution in [0.3, 0.4) is 0 Å². The summed E-state index contributed by atoms with van der Waals surface area (Å²) < 4.78 is 0. The molecule has 1 unspecified atom stereocenters. The van der Waals surface area contributed by atoms with Gasteiger partial charge in [-0.2, -0.15) is 0 Å². The van der Waals surface area contributed by atoms with Crippen LogP contribution in [0.5, 0.6) is 0 Å². The Morgan fingerprint density at radius 2 is 2.00 bits per heavy atom. The molecule has 13 heavy (non-hydrogen) atoms. The van der Waals surface area contributed by atoms with E-state index in [0.29, 0.717) is 0 Å². The SMILES string of the molecule is CC1=NC(c2ccccc2)CC=N1. The van der Waals surface area contributed by atoms with Crippen LogP contribution in [0.1, 0.15) is 24.9 Å². The molecule has 0 saturated carbocycles. The first-order chi connectivity index (χ1) is 6.36. The van der Waals surface area contributed by atoms with Gasteiger partial charge >= 0.3 is 0 Å². The van der Waals surface area contributed by atoms with Crippen molar-refractivity contribution in [2.45, 2.75) is 19.4 Å². The van der Waals surface area contributed by atoms with Gasteiger partial charge in [-0.05, 0) is 12.5 Å². The van der Waals surface area contributed by atoms with Crippen LogP contribution in [-0.2, 0) is 0 Å². The molecule has 1 aliphatic heterocycles. The maximum atomic E-state index is 4.47. The zero-order chi connectivity index (χ0) is 9.10. The first-order valence-corrected chi connectivity index (χ1v) is 4.48. The lowest BCUT2D eigenvalue weighted by molar-refractivity contribution is 0.760. The van der Waals surface area contributed by atoms with Crippen LogP contribution in [0, 0.1) is 0 Å². The van der Waals surface area contributed by atoms with Gasteiger partial charge in [-0.15, -0.1) is 0 Å². The molecule has 0 bridgehead atoms. The third-order valence-corrected chi connectivity index (χ3v) is 2.13. The Hall–Kier alpha value is -1.44. The standard InChI is InChI=1S/C11H12N2/c1-9-12-8-7-11(13-9)10-5-3-2-4-6-10/h2-6,8,11H,7H2,1H3. The van der Waals surface area contributed by atoms with E-state index in [1.54, 1.807) is 0 Å². The van der Waals surface area contributed by atoms with Gasteiger partial charge in [0.05, 0.1) is 6.04 Å². The van der Waals surface area contributed by atoms with Crippen molar-refractivity contribution in [1.29, 1.82) is 0 Å². The molecule has 2 nitrogen and oxygen atoms in total. The van der Waals surface area contributed by atoms with Gasteiger partial charge in [0, 0.05) is 12.6 Å². The first kappa shape index (κ1) is 8.17. The summed E-state index contributed by atoms with van der Waals surface area (Å²) in [7, 11) is 0. The second-order valence-electron chi connectivity index (χ2n) is 3.15. The van der Waals surface area contributed by atoms with Crippen molar-refractivity contribution in [1.82, 2.24) is 0 Å². The van der Waals surface area contributed by atoms with Gasteiger partial charge < -0.3 is 0 Å². The van der Waals surface area contributed by atoms with Gasteiger partial charge in [0.2, 0.25) is 0 Å². The zero-order valence-corrected chi connectivity index (χ0v) is 7.64. The van der Waals surface area contributed by atoms with Gasteiger partial charge in [-0.25, -0.2) is 4.99 Å². The highest BCUT2D eigenvalue weighted by Gasteiger charge is 2.10. The summed E-state index contributed by atoms with van der Waals surface area (Å²) in [5.74, 6) is 0.875. The van der Waals surface area contributed by atoms with E-state index in [9.17, 15) is 0 Å². The van der Waals surface area contributed by atoms with Crippen LogP contribution in [0.4, 0.5) is 0 Å². The van der Waals surface area contributed by atoms with Crippen molar-refractivity contribution in [2.75, 3.05) is 0 Å². The third-order valence-electron chi connectivity index (χ3n) is 2.13. The summed E-state index contributed by atoms with van der Waals surface area (Å²) in [5, 5.41) is 0. The lowest BCUT2D eigenvalue weighted by atomic mass is 10.0. The first-order valence-electron chi connectivity index (χ1n) is 4.48. The van der Waals surface area contributed by atoms with Crippen molar-refractivity contribution >= 4 is 12.1 Å². The van der Waals surface area contributed by atoms with Crippen molar-refractivity contribution in [3.63, 3.8) is 0 Å². The summed E-state index contributed by atoms with van der Waals surface area (Å²) in [4.78, 5) is 8.60. The molecule has 0 aliphatic carbocycles. The number of hydrogen-bond acceptors (Lipinski definition) is 2. The minimum atomic E-state index is 0.277. The second kappa shape index (κ2) is 3.52. The van der Waals surface area contributed by atoms with Crippen molar-refractivity contribution in [2.24, 2.45) is 9.98 Å². The predicted octanol–water partition coefficient (Wildman–Crippen LogP) is 2.62. The molecule has 1 atom stereocenters. The molecule has 2 heteroatoms. The Labute approximate surface area is 78.0 Å². The fourth-order valence-corrected chi connectivity index (χ4v) is 1.48. The van der Waals surface area contributed by atoms with Crippen molar-refractivity contribution in [3.8, 4) is 0 Å². The minimum Gasteiger partial charge on any atom is -0.262 e. The maximum absolute atomic E-state index is 4.47. The maximum Gasteiger partial charge on any atom is 0.120 e. The molecule has 0 spiro atoms. The van der Waals surface area contributed by atoms with Gasteiger partial charge in [-0.1, -0.05) is 30.3 Å². The van der Waals surface area contributed by atoms with E-state index in [1.165, 1.54) is 5.56 Å². The Morgan fingerprint density at radius 3 is 2.69 bits per heavy atom. The normalized spacial score (nSPS) is 21.3.